The summed E-state index contributed by atoms with van der Waals surface area (Å²) in [6.45, 7) is 1.53. The van der Waals surface area contributed by atoms with Gasteiger partial charge >= 0.3 is 0 Å². The highest BCUT2D eigenvalue weighted by Crippen LogP contribution is 2.32. The number of hydrogen-bond acceptors (Lipinski definition) is 6. The Morgan fingerprint density at radius 1 is 1.52 bits per heavy atom. The number of hydrogen-bond donors (Lipinski definition) is 1. The summed E-state index contributed by atoms with van der Waals surface area (Å²) in [5.74, 6) is -0.135. The third kappa shape index (κ3) is 2.54. The zero-order valence-corrected chi connectivity index (χ0v) is 13.8. The first-order chi connectivity index (χ1) is 12.2. The fourth-order valence-corrected chi connectivity index (χ4v) is 3.47. The minimum Gasteiger partial charge on any atom is -0.368 e. The van der Waals surface area contributed by atoms with Crippen molar-refractivity contribution in [2.75, 3.05) is 25.0 Å². The Morgan fingerprint density at radius 3 is 3.24 bits per heavy atom. The summed E-state index contributed by atoms with van der Waals surface area (Å²) in [4.78, 5) is 23.4. The van der Waals surface area contributed by atoms with Crippen LogP contribution in [0.4, 0.5) is 5.69 Å². The fraction of sp³-hybridized carbons (Fsp3) is 0.353. The number of amides is 1. The van der Waals surface area contributed by atoms with Crippen molar-refractivity contribution in [3.8, 4) is 6.07 Å². The molecule has 8 nitrogen and oxygen atoms in total. The highest BCUT2D eigenvalue weighted by molar-refractivity contribution is 6.09. The molecule has 0 aliphatic carbocycles. The van der Waals surface area contributed by atoms with Gasteiger partial charge in [0.15, 0.2) is 0 Å². The second kappa shape index (κ2) is 6.02. The number of fused-ring (bicyclic) bond motifs is 3. The lowest BCUT2D eigenvalue weighted by atomic mass is 10.1. The van der Waals surface area contributed by atoms with E-state index < -0.39 is 0 Å². The summed E-state index contributed by atoms with van der Waals surface area (Å²) in [6.07, 6.45) is 6.14. The largest absolute Gasteiger partial charge is 0.368 e. The number of rotatable bonds is 3. The van der Waals surface area contributed by atoms with Crippen molar-refractivity contribution in [1.29, 1.82) is 5.26 Å². The maximum absolute atomic E-state index is 12.0. The van der Waals surface area contributed by atoms with Gasteiger partial charge in [0.25, 0.3) is 0 Å². The highest BCUT2D eigenvalue weighted by atomic mass is 16.2. The van der Waals surface area contributed by atoms with Crippen LogP contribution in [0.25, 0.3) is 21.9 Å². The van der Waals surface area contributed by atoms with Gasteiger partial charge in [0.2, 0.25) is 5.91 Å². The molecule has 25 heavy (non-hydrogen) atoms. The van der Waals surface area contributed by atoms with Crippen LogP contribution in [0.2, 0.25) is 0 Å². The van der Waals surface area contributed by atoms with E-state index in [0.29, 0.717) is 6.54 Å². The minimum atomic E-state index is -0.135. The number of aromatic nitrogens is 4. The van der Waals surface area contributed by atoms with E-state index in [9.17, 15) is 4.79 Å². The van der Waals surface area contributed by atoms with Gasteiger partial charge in [-0.15, -0.1) is 5.10 Å². The number of likely N-dealkylation sites (N-methyl/N-ethyl adjacent to an activating group) is 1. The second-order valence-corrected chi connectivity index (χ2v) is 6.22. The normalized spacial score (nSPS) is 17.1. The number of pyridine rings is 1. The predicted molar refractivity (Wildman–Crippen MR) is 92.8 cm³/mol. The molecule has 1 aliphatic heterocycles. The molecule has 0 radical (unpaired) electrons. The fourth-order valence-electron chi connectivity index (χ4n) is 3.47. The van der Waals surface area contributed by atoms with Crippen LogP contribution in [0.5, 0.6) is 0 Å². The third-order valence-corrected chi connectivity index (χ3v) is 4.84. The van der Waals surface area contributed by atoms with Crippen LogP contribution >= 0.6 is 0 Å². The van der Waals surface area contributed by atoms with Crippen LogP contribution in [0.1, 0.15) is 12.8 Å². The average molecular weight is 335 g/mol. The van der Waals surface area contributed by atoms with E-state index in [0.717, 1.165) is 40.6 Å². The lowest BCUT2D eigenvalue weighted by molar-refractivity contribution is -0.130. The summed E-state index contributed by atoms with van der Waals surface area (Å²) < 4.78 is 0. The molecule has 1 unspecified atom stereocenters. The van der Waals surface area contributed by atoms with Crippen molar-refractivity contribution < 1.29 is 4.79 Å². The van der Waals surface area contributed by atoms with E-state index in [1.807, 2.05) is 18.3 Å². The minimum absolute atomic E-state index is 0.0810. The van der Waals surface area contributed by atoms with Crippen molar-refractivity contribution in [3.05, 3.63) is 24.7 Å². The van der Waals surface area contributed by atoms with Crippen molar-refractivity contribution >= 4 is 33.5 Å². The predicted octanol–water partition coefficient (Wildman–Crippen LogP) is 1.46. The Bertz CT molecular complexity index is 989. The first-order valence-corrected chi connectivity index (χ1v) is 8.14. The molecule has 0 spiro atoms. The smallest absolute Gasteiger partial charge is 0.236 e. The topological polar surface area (TPSA) is 102 Å². The monoisotopic (exact) mass is 335 g/mol. The Labute approximate surface area is 144 Å². The van der Waals surface area contributed by atoms with Gasteiger partial charge in [-0.25, -0.2) is 4.98 Å². The number of nitriles is 1. The number of carbonyl (C=O) groups excluding carboxylic acids is 1. The van der Waals surface area contributed by atoms with Crippen LogP contribution in [-0.4, -0.2) is 57.2 Å². The molecule has 1 aliphatic rings. The van der Waals surface area contributed by atoms with Crippen LogP contribution in [0.3, 0.4) is 0 Å². The molecule has 126 valence electrons. The molecule has 1 N–H and O–H groups in total. The molecule has 0 saturated carbocycles. The highest BCUT2D eigenvalue weighted by Gasteiger charge is 2.29. The van der Waals surface area contributed by atoms with Crippen molar-refractivity contribution in [2.24, 2.45) is 0 Å². The summed E-state index contributed by atoms with van der Waals surface area (Å²) in [6, 6.07) is 4.01. The standard InChI is InChI=1S/C17H17N7O/c1-23(15(25)2-5-18)11-4-7-24(10-11)14-9-21-22-13-8-20-17-12(16(13)14)3-6-19-17/h3,6,8-9,11H,2,4,7,10H2,1H3,(H,19,20). The maximum Gasteiger partial charge on any atom is 0.236 e. The van der Waals surface area contributed by atoms with Gasteiger partial charge in [-0.05, 0) is 12.5 Å². The van der Waals surface area contributed by atoms with E-state index in [-0.39, 0.29) is 18.4 Å². The first-order valence-electron chi connectivity index (χ1n) is 8.14. The zero-order valence-electron chi connectivity index (χ0n) is 13.8. The number of H-pyrrole nitrogens is 1. The van der Waals surface area contributed by atoms with Crippen molar-refractivity contribution in [3.63, 3.8) is 0 Å². The maximum atomic E-state index is 12.0. The number of anilines is 1. The Kier molecular flexibility index (Phi) is 3.69. The van der Waals surface area contributed by atoms with Gasteiger partial charge in [0.05, 0.1) is 30.2 Å². The van der Waals surface area contributed by atoms with Crippen LogP contribution in [0.15, 0.2) is 24.7 Å². The molecular weight excluding hydrogens is 318 g/mol. The van der Waals surface area contributed by atoms with E-state index in [2.05, 4.69) is 25.1 Å². The number of carbonyl (C=O) groups is 1. The molecule has 1 atom stereocenters. The van der Waals surface area contributed by atoms with E-state index in [1.165, 1.54) is 0 Å². The SMILES string of the molecule is CN(C(=O)CC#N)C1CCN(c2cnnc3cnc4[nH]ccc4c23)C1. The van der Waals surface area contributed by atoms with Gasteiger partial charge in [-0.1, -0.05) is 0 Å². The molecule has 8 heteroatoms. The molecule has 3 aromatic heterocycles. The molecule has 0 bridgehead atoms. The van der Waals surface area contributed by atoms with E-state index in [4.69, 9.17) is 5.26 Å². The summed E-state index contributed by atoms with van der Waals surface area (Å²) in [5.41, 5.74) is 2.57. The van der Waals surface area contributed by atoms with Gasteiger partial charge < -0.3 is 14.8 Å². The van der Waals surface area contributed by atoms with Crippen molar-refractivity contribution in [1.82, 2.24) is 25.1 Å². The molecule has 0 aromatic carbocycles. The van der Waals surface area contributed by atoms with Crippen LogP contribution in [-0.2, 0) is 4.79 Å². The zero-order chi connectivity index (χ0) is 17.4. The molecule has 1 fully saturated rings. The third-order valence-electron chi connectivity index (χ3n) is 4.84. The quantitative estimate of drug-likeness (QED) is 0.777. The lowest BCUT2D eigenvalue weighted by Crippen LogP contribution is -2.38. The Morgan fingerprint density at radius 2 is 2.40 bits per heavy atom. The average Bonchev–Trinajstić information content (AvgIpc) is 3.30. The number of nitrogens with zero attached hydrogens (tertiary/aromatic N) is 6. The Balaban J connectivity index is 1.68. The van der Waals surface area contributed by atoms with Gasteiger partial charge in [0, 0.05) is 37.1 Å². The van der Waals surface area contributed by atoms with Crippen molar-refractivity contribution in [2.45, 2.75) is 18.9 Å². The molecule has 4 rings (SSSR count). The number of nitrogens with one attached hydrogen (secondary N) is 1. The Hall–Kier alpha value is -3.21. The number of aromatic amines is 1. The molecule has 1 amide bonds. The van der Waals surface area contributed by atoms with Gasteiger partial charge in [-0.2, -0.15) is 10.4 Å². The van der Waals surface area contributed by atoms with Crippen LogP contribution < -0.4 is 4.90 Å². The van der Waals surface area contributed by atoms with Gasteiger partial charge in [-0.3, -0.25) is 4.79 Å². The van der Waals surface area contributed by atoms with Gasteiger partial charge in [0.1, 0.15) is 17.6 Å². The lowest BCUT2D eigenvalue weighted by Gasteiger charge is -2.25. The van der Waals surface area contributed by atoms with Crippen LogP contribution in [0, 0.1) is 11.3 Å². The molecule has 3 aromatic rings. The summed E-state index contributed by atoms with van der Waals surface area (Å²) in [5, 5.41) is 19.1. The molecular formula is C17H17N7O. The second-order valence-electron chi connectivity index (χ2n) is 6.22. The summed E-state index contributed by atoms with van der Waals surface area (Å²) >= 11 is 0. The van der Waals surface area contributed by atoms with E-state index in [1.54, 1.807) is 24.3 Å². The van der Waals surface area contributed by atoms with E-state index >= 15 is 0 Å². The summed E-state index contributed by atoms with van der Waals surface area (Å²) in [7, 11) is 1.77. The first kappa shape index (κ1) is 15.3. The molecule has 1 saturated heterocycles. The molecule has 4 heterocycles.